The number of aryl methyl sites for hydroxylation is 3. The third-order valence-corrected chi connectivity index (χ3v) is 1.76. The van der Waals surface area contributed by atoms with Gasteiger partial charge in [-0.05, 0) is 18.9 Å². The highest BCUT2D eigenvalue weighted by Crippen LogP contribution is 2.06. The maximum atomic E-state index is 10.5. The van der Waals surface area contributed by atoms with E-state index in [1.165, 1.54) is 0 Å². The van der Waals surface area contributed by atoms with Gasteiger partial charge in [0.05, 0.1) is 5.69 Å². The maximum absolute atomic E-state index is 10.5. The predicted octanol–water partition coefficient (Wildman–Crippen LogP) is 0.146. The van der Waals surface area contributed by atoms with Crippen LogP contribution in [-0.2, 0) is 18.3 Å². The van der Waals surface area contributed by atoms with Crippen molar-refractivity contribution in [3.8, 4) is 0 Å². The number of rotatable bonds is 3. The van der Waals surface area contributed by atoms with Gasteiger partial charge in [-0.2, -0.15) is 5.10 Å². The third-order valence-electron chi connectivity index (χ3n) is 1.76. The molecule has 1 heterocycles. The van der Waals surface area contributed by atoms with Crippen molar-refractivity contribution in [2.45, 2.75) is 19.8 Å². The van der Waals surface area contributed by atoms with Crippen LogP contribution in [0.2, 0.25) is 0 Å². The van der Waals surface area contributed by atoms with Gasteiger partial charge in [0.1, 0.15) is 0 Å². The van der Waals surface area contributed by atoms with Crippen LogP contribution >= 0.6 is 0 Å². The molecule has 1 aromatic rings. The number of nitrogens with two attached hydrogens (primary N) is 1. The standard InChI is InChI=1S/C8H13N3O/c1-6-7(3-4-8(9)12)5-11(2)10-6/h5H,3-4H2,1-2H3,(H2,9,12). The van der Waals surface area contributed by atoms with Crippen molar-refractivity contribution in [3.05, 3.63) is 17.5 Å². The van der Waals surface area contributed by atoms with Crippen LogP contribution in [-0.4, -0.2) is 15.7 Å². The number of primary amides is 1. The van der Waals surface area contributed by atoms with E-state index in [1.807, 2.05) is 20.2 Å². The number of aromatic nitrogens is 2. The third kappa shape index (κ3) is 2.08. The van der Waals surface area contributed by atoms with Crippen molar-refractivity contribution < 1.29 is 4.79 Å². The first-order valence-electron chi connectivity index (χ1n) is 3.87. The van der Waals surface area contributed by atoms with Gasteiger partial charge >= 0.3 is 0 Å². The molecule has 4 heteroatoms. The molecule has 0 aromatic carbocycles. The Hall–Kier alpha value is -1.32. The van der Waals surface area contributed by atoms with E-state index in [0.29, 0.717) is 12.8 Å². The molecule has 0 aliphatic rings. The summed E-state index contributed by atoms with van der Waals surface area (Å²) in [5.74, 6) is -0.266. The number of carbonyl (C=O) groups is 1. The van der Waals surface area contributed by atoms with Crippen LogP contribution in [0.3, 0.4) is 0 Å². The summed E-state index contributed by atoms with van der Waals surface area (Å²) in [6.07, 6.45) is 3.00. The fraction of sp³-hybridized carbons (Fsp3) is 0.500. The fourth-order valence-electron chi connectivity index (χ4n) is 1.15. The van der Waals surface area contributed by atoms with Crippen LogP contribution < -0.4 is 5.73 Å². The quantitative estimate of drug-likeness (QED) is 0.696. The first-order chi connectivity index (χ1) is 5.59. The SMILES string of the molecule is Cc1nn(C)cc1CCC(N)=O. The molecule has 0 radical (unpaired) electrons. The molecule has 0 aliphatic carbocycles. The molecule has 0 fully saturated rings. The number of amides is 1. The normalized spacial score (nSPS) is 10.2. The van der Waals surface area contributed by atoms with Gasteiger partial charge in [0.15, 0.2) is 0 Å². The minimum Gasteiger partial charge on any atom is -0.370 e. The van der Waals surface area contributed by atoms with Gasteiger partial charge in [0.2, 0.25) is 5.91 Å². The Labute approximate surface area is 71.4 Å². The van der Waals surface area contributed by atoms with Gasteiger partial charge in [-0.15, -0.1) is 0 Å². The molecular weight excluding hydrogens is 154 g/mol. The lowest BCUT2D eigenvalue weighted by atomic mass is 10.1. The summed E-state index contributed by atoms with van der Waals surface area (Å²) in [6.45, 7) is 1.93. The molecule has 0 saturated heterocycles. The molecule has 1 rings (SSSR count). The van der Waals surface area contributed by atoms with Gasteiger partial charge in [0.25, 0.3) is 0 Å². The molecule has 2 N–H and O–H groups in total. The molecule has 1 aromatic heterocycles. The van der Waals surface area contributed by atoms with Gasteiger partial charge in [-0.25, -0.2) is 0 Å². The Morgan fingerprint density at radius 1 is 1.75 bits per heavy atom. The number of hydrogen-bond acceptors (Lipinski definition) is 2. The van der Waals surface area contributed by atoms with E-state index in [2.05, 4.69) is 5.10 Å². The Morgan fingerprint density at radius 3 is 2.83 bits per heavy atom. The average Bonchev–Trinajstić information content (AvgIpc) is 2.26. The lowest BCUT2D eigenvalue weighted by molar-refractivity contribution is -0.117. The van der Waals surface area contributed by atoms with Gasteiger partial charge in [-0.3, -0.25) is 9.48 Å². The van der Waals surface area contributed by atoms with Crippen molar-refractivity contribution in [3.63, 3.8) is 0 Å². The zero-order chi connectivity index (χ0) is 9.14. The summed E-state index contributed by atoms with van der Waals surface area (Å²) < 4.78 is 1.74. The lowest BCUT2D eigenvalue weighted by Gasteiger charge is -1.93. The molecule has 0 bridgehead atoms. The zero-order valence-corrected chi connectivity index (χ0v) is 7.37. The first-order valence-corrected chi connectivity index (χ1v) is 3.87. The smallest absolute Gasteiger partial charge is 0.217 e. The summed E-state index contributed by atoms with van der Waals surface area (Å²) in [6, 6.07) is 0. The molecule has 66 valence electrons. The van der Waals surface area contributed by atoms with Crippen molar-refractivity contribution >= 4 is 5.91 Å². The second-order valence-corrected chi connectivity index (χ2v) is 2.88. The topological polar surface area (TPSA) is 60.9 Å². The van der Waals surface area contributed by atoms with E-state index in [9.17, 15) is 4.79 Å². The van der Waals surface area contributed by atoms with Crippen molar-refractivity contribution in [2.75, 3.05) is 0 Å². The highest BCUT2D eigenvalue weighted by molar-refractivity contribution is 5.74. The second kappa shape index (κ2) is 3.38. The summed E-state index contributed by atoms with van der Waals surface area (Å²) in [7, 11) is 1.86. The van der Waals surface area contributed by atoms with E-state index in [0.717, 1.165) is 11.3 Å². The molecule has 0 spiro atoms. The minimum absolute atomic E-state index is 0.266. The summed E-state index contributed by atoms with van der Waals surface area (Å²) in [4.78, 5) is 10.5. The van der Waals surface area contributed by atoms with E-state index in [1.54, 1.807) is 4.68 Å². The van der Waals surface area contributed by atoms with Gasteiger partial charge < -0.3 is 5.73 Å². The first kappa shape index (κ1) is 8.77. The Balaban J connectivity index is 2.62. The van der Waals surface area contributed by atoms with Gasteiger partial charge in [-0.1, -0.05) is 0 Å². The van der Waals surface area contributed by atoms with Crippen LogP contribution in [0.25, 0.3) is 0 Å². The van der Waals surface area contributed by atoms with Crippen LogP contribution in [0.5, 0.6) is 0 Å². The number of hydrogen-bond donors (Lipinski definition) is 1. The second-order valence-electron chi connectivity index (χ2n) is 2.88. The maximum Gasteiger partial charge on any atom is 0.217 e. The Kier molecular flexibility index (Phi) is 2.47. The van der Waals surface area contributed by atoms with Crippen molar-refractivity contribution in [1.29, 1.82) is 0 Å². The van der Waals surface area contributed by atoms with Crippen LogP contribution in [0.4, 0.5) is 0 Å². The van der Waals surface area contributed by atoms with E-state index < -0.39 is 0 Å². The van der Waals surface area contributed by atoms with Crippen molar-refractivity contribution in [1.82, 2.24) is 9.78 Å². The molecule has 0 aliphatic heterocycles. The molecule has 4 nitrogen and oxygen atoms in total. The summed E-state index contributed by atoms with van der Waals surface area (Å²) >= 11 is 0. The van der Waals surface area contributed by atoms with E-state index in [4.69, 9.17) is 5.73 Å². The zero-order valence-electron chi connectivity index (χ0n) is 7.37. The average molecular weight is 167 g/mol. The molecule has 0 atom stereocenters. The number of carbonyl (C=O) groups excluding carboxylic acids is 1. The minimum atomic E-state index is -0.266. The van der Waals surface area contributed by atoms with Crippen LogP contribution in [0.15, 0.2) is 6.20 Å². The molecule has 0 saturated carbocycles. The number of nitrogens with zero attached hydrogens (tertiary/aromatic N) is 2. The largest absolute Gasteiger partial charge is 0.370 e. The van der Waals surface area contributed by atoms with Crippen molar-refractivity contribution in [2.24, 2.45) is 12.8 Å². The Morgan fingerprint density at radius 2 is 2.42 bits per heavy atom. The lowest BCUT2D eigenvalue weighted by Crippen LogP contribution is -2.11. The highest BCUT2D eigenvalue weighted by atomic mass is 16.1. The van der Waals surface area contributed by atoms with Gasteiger partial charge in [0, 0.05) is 19.7 Å². The van der Waals surface area contributed by atoms with Crippen LogP contribution in [0, 0.1) is 6.92 Å². The molecule has 0 unspecified atom stereocenters. The summed E-state index contributed by atoms with van der Waals surface area (Å²) in [5, 5.41) is 4.15. The molecule has 12 heavy (non-hydrogen) atoms. The van der Waals surface area contributed by atoms with E-state index in [-0.39, 0.29) is 5.91 Å². The van der Waals surface area contributed by atoms with Crippen LogP contribution in [0.1, 0.15) is 17.7 Å². The monoisotopic (exact) mass is 167 g/mol. The summed E-state index contributed by atoms with van der Waals surface area (Å²) in [5.41, 5.74) is 7.10. The van der Waals surface area contributed by atoms with E-state index >= 15 is 0 Å². The highest BCUT2D eigenvalue weighted by Gasteiger charge is 2.03. The fourth-order valence-corrected chi connectivity index (χ4v) is 1.15. The predicted molar refractivity (Wildman–Crippen MR) is 45.5 cm³/mol. The molecule has 1 amide bonds. The molecular formula is C8H13N3O. The Bertz CT molecular complexity index is 290.